The molecule has 4 nitrogen and oxygen atoms in total. The predicted octanol–water partition coefficient (Wildman–Crippen LogP) is 0.755. The number of aliphatic hydroxyl groups excluding tert-OH is 1. The maximum atomic E-state index is 9.06. The largest absolute Gasteiger partial charge is 0.496 e. The number of aliphatic hydroxyl groups is 1. The van der Waals surface area contributed by atoms with Crippen LogP contribution in [0.1, 0.15) is 12.5 Å². The van der Waals surface area contributed by atoms with E-state index >= 15 is 0 Å². The van der Waals surface area contributed by atoms with E-state index in [9.17, 15) is 0 Å². The summed E-state index contributed by atoms with van der Waals surface area (Å²) in [6.07, 6.45) is -0.288. The fourth-order valence-electron chi connectivity index (χ4n) is 1.56. The van der Waals surface area contributed by atoms with Crippen molar-refractivity contribution in [3.05, 3.63) is 29.8 Å². The minimum Gasteiger partial charge on any atom is -0.496 e. The van der Waals surface area contributed by atoms with E-state index in [4.69, 9.17) is 9.84 Å². The lowest BCUT2D eigenvalue weighted by atomic mass is 10.2. The Morgan fingerprint density at radius 3 is 2.65 bits per heavy atom. The Labute approximate surface area is 103 Å². The number of benzene rings is 1. The van der Waals surface area contributed by atoms with Gasteiger partial charge in [0, 0.05) is 31.7 Å². The summed E-state index contributed by atoms with van der Waals surface area (Å²) in [7, 11) is 1.68. The molecule has 0 aliphatic rings. The van der Waals surface area contributed by atoms with Gasteiger partial charge < -0.3 is 20.5 Å². The third-order valence-corrected chi connectivity index (χ3v) is 2.43. The molecule has 1 unspecified atom stereocenters. The summed E-state index contributed by atoms with van der Waals surface area (Å²) in [5, 5.41) is 15.5. The van der Waals surface area contributed by atoms with Gasteiger partial charge in [-0.05, 0) is 13.0 Å². The van der Waals surface area contributed by atoms with Crippen LogP contribution in [-0.2, 0) is 6.54 Å². The third-order valence-electron chi connectivity index (χ3n) is 2.43. The van der Waals surface area contributed by atoms with Crippen molar-refractivity contribution in [1.29, 1.82) is 0 Å². The molecule has 0 fully saturated rings. The Hall–Kier alpha value is -1.10. The van der Waals surface area contributed by atoms with Gasteiger partial charge in [-0.2, -0.15) is 0 Å². The molecule has 1 aromatic rings. The number of hydrogen-bond donors (Lipinski definition) is 3. The Morgan fingerprint density at radius 2 is 1.94 bits per heavy atom. The fourth-order valence-corrected chi connectivity index (χ4v) is 1.56. The molecule has 1 aromatic carbocycles. The molecule has 3 N–H and O–H groups in total. The van der Waals surface area contributed by atoms with Crippen LogP contribution in [-0.4, -0.2) is 38.0 Å². The Morgan fingerprint density at radius 1 is 1.24 bits per heavy atom. The lowest BCUT2D eigenvalue weighted by Crippen LogP contribution is -2.31. The first kappa shape index (κ1) is 14.0. The van der Waals surface area contributed by atoms with E-state index in [0.717, 1.165) is 30.9 Å². The average molecular weight is 238 g/mol. The summed E-state index contributed by atoms with van der Waals surface area (Å²) in [5.74, 6) is 0.914. The van der Waals surface area contributed by atoms with Crippen molar-refractivity contribution in [2.45, 2.75) is 19.6 Å². The van der Waals surface area contributed by atoms with E-state index in [2.05, 4.69) is 16.7 Å². The molecule has 17 heavy (non-hydrogen) atoms. The topological polar surface area (TPSA) is 53.5 Å². The molecule has 0 heterocycles. The van der Waals surface area contributed by atoms with Gasteiger partial charge in [-0.15, -0.1) is 0 Å². The standard InChI is InChI=1S/C13H22N2O2/c1-11(16)9-14-7-8-15-10-12-5-3-4-6-13(12)17-2/h3-6,11,14-16H,7-10H2,1-2H3. The molecule has 96 valence electrons. The summed E-state index contributed by atoms with van der Waals surface area (Å²) in [6, 6.07) is 7.98. The summed E-state index contributed by atoms with van der Waals surface area (Å²) in [6.45, 7) is 4.91. The number of ether oxygens (including phenoxy) is 1. The molecule has 1 rings (SSSR count). The van der Waals surface area contributed by atoms with Crippen LogP contribution >= 0.6 is 0 Å². The predicted molar refractivity (Wildman–Crippen MR) is 69.3 cm³/mol. The van der Waals surface area contributed by atoms with E-state index < -0.39 is 0 Å². The molecule has 0 bridgehead atoms. The zero-order chi connectivity index (χ0) is 12.5. The molecule has 0 aliphatic carbocycles. The Kier molecular flexibility index (Phi) is 6.62. The summed E-state index contributed by atoms with van der Waals surface area (Å²) in [4.78, 5) is 0. The van der Waals surface area contributed by atoms with Crippen LogP contribution in [0.3, 0.4) is 0 Å². The van der Waals surface area contributed by atoms with E-state index in [1.807, 2.05) is 18.2 Å². The monoisotopic (exact) mass is 238 g/mol. The lowest BCUT2D eigenvalue weighted by molar-refractivity contribution is 0.191. The van der Waals surface area contributed by atoms with Crippen molar-refractivity contribution in [3.8, 4) is 5.75 Å². The average Bonchev–Trinajstić information content (AvgIpc) is 2.33. The van der Waals surface area contributed by atoms with Crippen LogP contribution in [0.25, 0.3) is 0 Å². The van der Waals surface area contributed by atoms with Crippen molar-refractivity contribution in [3.63, 3.8) is 0 Å². The van der Waals surface area contributed by atoms with E-state index in [1.165, 1.54) is 0 Å². The van der Waals surface area contributed by atoms with Crippen molar-refractivity contribution >= 4 is 0 Å². The number of rotatable bonds is 8. The van der Waals surface area contributed by atoms with Crippen LogP contribution in [0.2, 0.25) is 0 Å². The van der Waals surface area contributed by atoms with E-state index in [1.54, 1.807) is 14.0 Å². The molecule has 0 saturated carbocycles. The number of nitrogens with one attached hydrogen (secondary N) is 2. The van der Waals surface area contributed by atoms with Gasteiger partial charge in [0.25, 0.3) is 0 Å². The van der Waals surface area contributed by atoms with Crippen molar-refractivity contribution < 1.29 is 9.84 Å². The second kappa shape index (κ2) is 8.06. The quantitative estimate of drug-likeness (QED) is 0.585. The molecule has 1 atom stereocenters. The highest BCUT2D eigenvalue weighted by molar-refractivity contribution is 5.32. The van der Waals surface area contributed by atoms with Gasteiger partial charge >= 0.3 is 0 Å². The highest BCUT2D eigenvalue weighted by Crippen LogP contribution is 2.16. The van der Waals surface area contributed by atoms with Crippen LogP contribution in [0, 0.1) is 0 Å². The van der Waals surface area contributed by atoms with Crippen LogP contribution in [0.5, 0.6) is 5.75 Å². The zero-order valence-corrected chi connectivity index (χ0v) is 10.6. The van der Waals surface area contributed by atoms with Gasteiger partial charge in [-0.25, -0.2) is 0 Å². The normalized spacial score (nSPS) is 12.4. The highest BCUT2D eigenvalue weighted by atomic mass is 16.5. The number of hydrogen-bond acceptors (Lipinski definition) is 4. The van der Waals surface area contributed by atoms with Crippen LogP contribution < -0.4 is 15.4 Å². The molecule has 0 saturated heterocycles. The molecular weight excluding hydrogens is 216 g/mol. The molecule has 0 aromatic heterocycles. The lowest BCUT2D eigenvalue weighted by Gasteiger charge is -2.10. The summed E-state index contributed by atoms with van der Waals surface area (Å²) in [5.41, 5.74) is 1.16. The first-order chi connectivity index (χ1) is 8.24. The van der Waals surface area contributed by atoms with Gasteiger partial charge in [0.1, 0.15) is 5.75 Å². The Bertz CT molecular complexity index is 316. The summed E-state index contributed by atoms with van der Waals surface area (Å²) < 4.78 is 5.27. The second-order valence-corrected chi connectivity index (χ2v) is 4.04. The number of para-hydroxylation sites is 1. The first-order valence-electron chi connectivity index (χ1n) is 5.95. The van der Waals surface area contributed by atoms with Crippen LogP contribution in [0.15, 0.2) is 24.3 Å². The van der Waals surface area contributed by atoms with Gasteiger partial charge in [0.15, 0.2) is 0 Å². The highest BCUT2D eigenvalue weighted by Gasteiger charge is 2.00. The molecule has 0 aliphatic heterocycles. The zero-order valence-electron chi connectivity index (χ0n) is 10.6. The smallest absolute Gasteiger partial charge is 0.123 e. The fraction of sp³-hybridized carbons (Fsp3) is 0.538. The molecular formula is C13H22N2O2. The minimum absolute atomic E-state index is 0.288. The van der Waals surface area contributed by atoms with Gasteiger partial charge in [-0.1, -0.05) is 18.2 Å². The second-order valence-electron chi connectivity index (χ2n) is 4.04. The first-order valence-corrected chi connectivity index (χ1v) is 5.95. The third kappa shape index (κ3) is 5.68. The minimum atomic E-state index is -0.288. The Balaban J connectivity index is 2.17. The number of methoxy groups -OCH3 is 1. The van der Waals surface area contributed by atoms with Gasteiger partial charge in [0.05, 0.1) is 13.2 Å². The molecule has 0 radical (unpaired) electrons. The molecule has 4 heteroatoms. The maximum absolute atomic E-state index is 9.06. The van der Waals surface area contributed by atoms with E-state index in [0.29, 0.717) is 6.54 Å². The van der Waals surface area contributed by atoms with Gasteiger partial charge in [-0.3, -0.25) is 0 Å². The van der Waals surface area contributed by atoms with Crippen molar-refractivity contribution in [2.24, 2.45) is 0 Å². The maximum Gasteiger partial charge on any atom is 0.123 e. The van der Waals surface area contributed by atoms with Crippen LogP contribution in [0.4, 0.5) is 0 Å². The SMILES string of the molecule is COc1ccccc1CNCCNCC(C)O. The molecule has 0 amide bonds. The van der Waals surface area contributed by atoms with Crippen molar-refractivity contribution in [2.75, 3.05) is 26.7 Å². The van der Waals surface area contributed by atoms with Crippen molar-refractivity contribution in [1.82, 2.24) is 10.6 Å². The molecule has 0 spiro atoms. The summed E-state index contributed by atoms with van der Waals surface area (Å²) >= 11 is 0. The van der Waals surface area contributed by atoms with Gasteiger partial charge in [0.2, 0.25) is 0 Å². The van der Waals surface area contributed by atoms with E-state index in [-0.39, 0.29) is 6.10 Å².